The highest BCUT2D eigenvalue weighted by Crippen LogP contribution is 2.20. The van der Waals surface area contributed by atoms with Gasteiger partial charge in [-0.05, 0) is 50.8 Å². The molecule has 0 aliphatic carbocycles. The molecule has 1 aliphatic rings. The molecule has 1 N–H and O–H groups in total. The normalized spacial score (nSPS) is 19.7. The molecule has 0 bridgehead atoms. The van der Waals surface area contributed by atoms with Gasteiger partial charge >= 0.3 is 0 Å². The summed E-state index contributed by atoms with van der Waals surface area (Å²) in [7, 11) is -3.94. The Balaban J connectivity index is 1.95. The van der Waals surface area contributed by atoms with E-state index in [-0.39, 0.29) is 17.6 Å². The van der Waals surface area contributed by atoms with Crippen molar-refractivity contribution in [1.29, 1.82) is 0 Å². The van der Waals surface area contributed by atoms with Crippen LogP contribution in [0.15, 0.2) is 27.6 Å². The SMILES string of the molecule is Cc1ccc(Br)cc1S(=O)(=O)NC(=O)C(C)OCC1CCCCO1. The van der Waals surface area contributed by atoms with E-state index < -0.39 is 22.0 Å². The number of amides is 1. The first kappa shape index (κ1) is 19.4. The van der Waals surface area contributed by atoms with Crippen LogP contribution in [-0.4, -0.2) is 39.7 Å². The first-order valence-corrected chi connectivity index (χ1v) is 10.1. The third-order valence-electron chi connectivity index (χ3n) is 3.85. The lowest BCUT2D eigenvalue weighted by atomic mass is 10.1. The van der Waals surface area contributed by atoms with Crippen molar-refractivity contribution in [3.8, 4) is 0 Å². The van der Waals surface area contributed by atoms with Crippen LogP contribution in [0.2, 0.25) is 0 Å². The van der Waals surface area contributed by atoms with Crippen LogP contribution in [0, 0.1) is 6.92 Å². The number of halogens is 1. The highest BCUT2D eigenvalue weighted by molar-refractivity contribution is 9.10. The number of aryl methyl sites for hydroxylation is 1. The van der Waals surface area contributed by atoms with E-state index in [1.165, 1.54) is 13.0 Å². The summed E-state index contributed by atoms with van der Waals surface area (Å²) < 4.78 is 38.5. The molecule has 1 heterocycles. The summed E-state index contributed by atoms with van der Waals surface area (Å²) in [6.45, 7) is 4.18. The number of benzene rings is 1. The van der Waals surface area contributed by atoms with Gasteiger partial charge < -0.3 is 9.47 Å². The van der Waals surface area contributed by atoms with E-state index in [4.69, 9.17) is 9.47 Å². The van der Waals surface area contributed by atoms with Crippen LogP contribution in [0.4, 0.5) is 0 Å². The Labute approximate surface area is 151 Å². The third kappa shape index (κ3) is 5.27. The minimum atomic E-state index is -3.94. The van der Waals surface area contributed by atoms with Gasteiger partial charge in [-0.3, -0.25) is 4.79 Å². The molecule has 1 saturated heterocycles. The van der Waals surface area contributed by atoms with Crippen LogP contribution in [0.1, 0.15) is 31.7 Å². The number of sulfonamides is 1. The van der Waals surface area contributed by atoms with E-state index in [0.717, 1.165) is 19.3 Å². The van der Waals surface area contributed by atoms with Gasteiger partial charge in [0, 0.05) is 11.1 Å². The lowest BCUT2D eigenvalue weighted by Gasteiger charge is -2.23. The Morgan fingerprint density at radius 3 is 2.88 bits per heavy atom. The molecule has 0 radical (unpaired) electrons. The van der Waals surface area contributed by atoms with E-state index in [1.54, 1.807) is 19.1 Å². The molecule has 24 heavy (non-hydrogen) atoms. The highest BCUT2D eigenvalue weighted by atomic mass is 79.9. The Hall–Kier alpha value is -0.960. The van der Waals surface area contributed by atoms with Crippen molar-refractivity contribution in [2.24, 2.45) is 0 Å². The number of hydrogen-bond donors (Lipinski definition) is 1. The first-order valence-electron chi connectivity index (χ1n) is 7.85. The summed E-state index contributed by atoms with van der Waals surface area (Å²) >= 11 is 3.24. The molecule has 8 heteroatoms. The predicted molar refractivity (Wildman–Crippen MR) is 93.2 cm³/mol. The zero-order chi connectivity index (χ0) is 17.7. The van der Waals surface area contributed by atoms with Crippen LogP contribution < -0.4 is 4.72 Å². The molecule has 1 amide bonds. The van der Waals surface area contributed by atoms with Crippen LogP contribution in [0.5, 0.6) is 0 Å². The van der Waals surface area contributed by atoms with Crippen molar-refractivity contribution >= 4 is 31.9 Å². The second-order valence-electron chi connectivity index (χ2n) is 5.84. The van der Waals surface area contributed by atoms with Gasteiger partial charge in [-0.25, -0.2) is 13.1 Å². The van der Waals surface area contributed by atoms with Gasteiger partial charge in [0.15, 0.2) is 0 Å². The minimum Gasteiger partial charge on any atom is -0.376 e. The standard InChI is InChI=1S/C16H22BrNO5S/c1-11-6-7-13(17)9-15(11)24(20,21)18-16(19)12(2)23-10-14-5-3-4-8-22-14/h6-7,9,12,14H,3-5,8,10H2,1-2H3,(H,18,19). The molecule has 2 unspecified atom stereocenters. The quantitative estimate of drug-likeness (QED) is 0.765. The van der Waals surface area contributed by atoms with E-state index in [2.05, 4.69) is 20.7 Å². The number of hydrogen-bond acceptors (Lipinski definition) is 5. The third-order valence-corrected chi connectivity index (χ3v) is 5.83. The van der Waals surface area contributed by atoms with Crippen molar-refractivity contribution in [3.63, 3.8) is 0 Å². The van der Waals surface area contributed by atoms with Crippen LogP contribution >= 0.6 is 15.9 Å². The highest BCUT2D eigenvalue weighted by Gasteiger charge is 2.25. The summed E-state index contributed by atoms with van der Waals surface area (Å²) in [5, 5.41) is 0. The molecule has 0 saturated carbocycles. The van der Waals surface area contributed by atoms with Crippen molar-refractivity contribution in [2.45, 2.75) is 50.2 Å². The molecular weight excluding hydrogens is 398 g/mol. The van der Waals surface area contributed by atoms with Gasteiger partial charge in [0.1, 0.15) is 6.10 Å². The van der Waals surface area contributed by atoms with Gasteiger partial charge in [-0.2, -0.15) is 0 Å². The number of carbonyl (C=O) groups is 1. The summed E-state index contributed by atoms with van der Waals surface area (Å²) in [5.41, 5.74) is 0.558. The van der Waals surface area contributed by atoms with E-state index in [0.29, 0.717) is 16.6 Å². The fraction of sp³-hybridized carbons (Fsp3) is 0.562. The fourth-order valence-corrected chi connectivity index (χ4v) is 4.23. The van der Waals surface area contributed by atoms with Crippen molar-refractivity contribution in [3.05, 3.63) is 28.2 Å². The molecule has 1 aliphatic heterocycles. The monoisotopic (exact) mass is 419 g/mol. The molecule has 134 valence electrons. The lowest BCUT2D eigenvalue weighted by molar-refractivity contribution is -0.133. The Morgan fingerprint density at radius 1 is 1.46 bits per heavy atom. The first-order chi connectivity index (χ1) is 11.3. The van der Waals surface area contributed by atoms with Crippen molar-refractivity contribution in [2.75, 3.05) is 13.2 Å². The second-order valence-corrected chi connectivity index (χ2v) is 8.41. The zero-order valence-corrected chi connectivity index (χ0v) is 16.2. The number of carbonyl (C=O) groups excluding carboxylic acids is 1. The summed E-state index contributed by atoms with van der Waals surface area (Å²) in [6.07, 6.45) is 2.10. The molecule has 0 aromatic heterocycles. The fourth-order valence-electron chi connectivity index (χ4n) is 2.40. The van der Waals surface area contributed by atoms with Gasteiger partial charge in [0.25, 0.3) is 15.9 Å². The topological polar surface area (TPSA) is 81.7 Å². The summed E-state index contributed by atoms with van der Waals surface area (Å²) in [4.78, 5) is 12.2. The molecule has 1 aromatic rings. The van der Waals surface area contributed by atoms with E-state index in [1.807, 2.05) is 0 Å². The van der Waals surface area contributed by atoms with Crippen LogP contribution in [0.3, 0.4) is 0 Å². The van der Waals surface area contributed by atoms with Crippen molar-refractivity contribution < 1.29 is 22.7 Å². The molecular formula is C16H22BrNO5S. The molecule has 1 aromatic carbocycles. The number of rotatable bonds is 6. The maximum atomic E-state index is 12.4. The molecule has 1 fully saturated rings. The van der Waals surface area contributed by atoms with E-state index in [9.17, 15) is 13.2 Å². The van der Waals surface area contributed by atoms with Gasteiger partial charge in [-0.1, -0.05) is 22.0 Å². The van der Waals surface area contributed by atoms with Crippen LogP contribution in [0.25, 0.3) is 0 Å². The zero-order valence-electron chi connectivity index (χ0n) is 13.7. The predicted octanol–water partition coefficient (Wildman–Crippen LogP) is 2.54. The molecule has 0 spiro atoms. The number of nitrogens with one attached hydrogen (secondary N) is 1. The Morgan fingerprint density at radius 2 is 2.21 bits per heavy atom. The van der Waals surface area contributed by atoms with Gasteiger partial charge in [0.05, 0.1) is 17.6 Å². The molecule has 6 nitrogen and oxygen atoms in total. The Bertz CT molecular complexity index is 686. The van der Waals surface area contributed by atoms with Crippen molar-refractivity contribution in [1.82, 2.24) is 4.72 Å². The molecule has 2 atom stereocenters. The Kier molecular flexibility index (Phi) is 6.79. The summed E-state index contributed by atoms with van der Waals surface area (Å²) in [6, 6.07) is 4.88. The average molecular weight is 420 g/mol. The minimum absolute atomic E-state index is 0.0297. The lowest BCUT2D eigenvalue weighted by Crippen LogP contribution is -2.40. The van der Waals surface area contributed by atoms with Gasteiger partial charge in [0.2, 0.25) is 0 Å². The smallest absolute Gasteiger partial charge is 0.264 e. The number of ether oxygens (including phenoxy) is 2. The largest absolute Gasteiger partial charge is 0.376 e. The average Bonchev–Trinajstić information content (AvgIpc) is 2.55. The maximum Gasteiger partial charge on any atom is 0.264 e. The second kappa shape index (κ2) is 8.42. The summed E-state index contributed by atoms with van der Waals surface area (Å²) in [5.74, 6) is -0.690. The van der Waals surface area contributed by atoms with E-state index >= 15 is 0 Å². The van der Waals surface area contributed by atoms with Gasteiger partial charge in [-0.15, -0.1) is 0 Å². The molecule has 2 rings (SSSR count). The van der Waals surface area contributed by atoms with Crippen LogP contribution in [-0.2, 0) is 24.3 Å². The maximum absolute atomic E-state index is 12.4.